The Bertz CT molecular complexity index is 492. The van der Waals surface area contributed by atoms with Crippen LogP contribution in [0.4, 0.5) is 0 Å². The van der Waals surface area contributed by atoms with Gasteiger partial charge in [0.25, 0.3) is 0 Å². The Morgan fingerprint density at radius 3 is 2.86 bits per heavy atom. The molecule has 3 unspecified atom stereocenters. The maximum absolute atomic E-state index is 6.16. The van der Waals surface area contributed by atoms with Crippen molar-refractivity contribution in [3.8, 4) is 0 Å². The van der Waals surface area contributed by atoms with E-state index in [1.165, 1.54) is 44.3 Å². The second kappa shape index (κ2) is 6.87. The normalized spacial score (nSPS) is 27.6. The summed E-state index contributed by atoms with van der Waals surface area (Å²) >= 11 is 12.2. The van der Waals surface area contributed by atoms with E-state index < -0.39 is 0 Å². The van der Waals surface area contributed by atoms with Crippen molar-refractivity contribution >= 4 is 23.2 Å². The van der Waals surface area contributed by atoms with Crippen molar-refractivity contribution in [1.82, 2.24) is 10.2 Å². The Labute approximate surface area is 137 Å². The smallest absolute Gasteiger partial charge is 0.0595 e. The molecule has 2 heterocycles. The Morgan fingerprint density at radius 2 is 2.10 bits per heavy atom. The first-order valence-corrected chi connectivity index (χ1v) is 8.88. The Morgan fingerprint density at radius 1 is 1.24 bits per heavy atom. The molecule has 2 aliphatic heterocycles. The number of hydrogen-bond acceptors (Lipinski definition) is 2. The van der Waals surface area contributed by atoms with Crippen LogP contribution in [0.3, 0.4) is 0 Å². The molecule has 0 aromatic heterocycles. The van der Waals surface area contributed by atoms with Crippen LogP contribution in [0, 0.1) is 0 Å². The molecule has 0 spiro atoms. The number of fused-ring (bicyclic) bond motifs is 1. The topological polar surface area (TPSA) is 15.3 Å². The highest BCUT2D eigenvalue weighted by molar-refractivity contribution is 6.42. The third-order valence-electron chi connectivity index (χ3n) is 5.01. The van der Waals surface area contributed by atoms with Gasteiger partial charge in [-0.1, -0.05) is 36.2 Å². The zero-order chi connectivity index (χ0) is 14.8. The number of rotatable bonds is 4. The van der Waals surface area contributed by atoms with E-state index in [0.717, 1.165) is 12.5 Å². The van der Waals surface area contributed by atoms with E-state index in [-0.39, 0.29) is 0 Å². The van der Waals surface area contributed by atoms with Crippen LogP contribution in [0.25, 0.3) is 0 Å². The molecule has 1 aromatic rings. The maximum atomic E-state index is 6.16. The fourth-order valence-electron chi connectivity index (χ4n) is 3.84. The molecule has 0 aliphatic carbocycles. The second-order valence-corrected chi connectivity index (χ2v) is 7.17. The summed E-state index contributed by atoms with van der Waals surface area (Å²) in [5.74, 6) is 0. The molecule has 2 aliphatic rings. The molecule has 1 aromatic carbocycles. The van der Waals surface area contributed by atoms with Gasteiger partial charge in [-0.05, 0) is 62.9 Å². The highest BCUT2D eigenvalue weighted by atomic mass is 35.5. The van der Waals surface area contributed by atoms with Gasteiger partial charge >= 0.3 is 0 Å². The lowest BCUT2D eigenvalue weighted by atomic mass is 9.95. The summed E-state index contributed by atoms with van der Waals surface area (Å²) in [5.41, 5.74) is 1.25. The van der Waals surface area contributed by atoms with Crippen molar-refractivity contribution < 1.29 is 0 Å². The first-order valence-electron chi connectivity index (χ1n) is 8.12. The average Bonchev–Trinajstić information content (AvgIpc) is 2.95. The highest BCUT2D eigenvalue weighted by Gasteiger charge is 2.32. The van der Waals surface area contributed by atoms with Crippen LogP contribution in [-0.2, 0) is 0 Å². The minimum absolute atomic E-state index is 0.373. The molecule has 0 bridgehead atoms. The fraction of sp³-hybridized carbons (Fsp3) is 0.647. The lowest BCUT2D eigenvalue weighted by molar-refractivity contribution is 0.160. The average molecular weight is 327 g/mol. The van der Waals surface area contributed by atoms with Gasteiger partial charge in [-0.25, -0.2) is 0 Å². The summed E-state index contributed by atoms with van der Waals surface area (Å²) < 4.78 is 0. The Kier molecular flexibility index (Phi) is 5.11. The summed E-state index contributed by atoms with van der Waals surface area (Å²) in [5, 5.41) is 5.14. The van der Waals surface area contributed by atoms with Crippen LogP contribution in [0.5, 0.6) is 0 Å². The molecule has 21 heavy (non-hydrogen) atoms. The van der Waals surface area contributed by atoms with Gasteiger partial charge in [0.2, 0.25) is 0 Å². The molecule has 116 valence electrons. The van der Waals surface area contributed by atoms with E-state index in [1.54, 1.807) is 0 Å². The molecule has 2 saturated heterocycles. The van der Waals surface area contributed by atoms with Gasteiger partial charge in [0, 0.05) is 18.1 Å². The molecule has 2 fully saturated rings. The van der Waals surface area contributed by atoms with Crippen LogP contribution in [0.15, 0.2) is 18.2 Å². The maximum Gasteiger partial charge on any atom is 0.0595 e. The molecule has 4 heteroatoms. The number of benzene rings is 1. The Hall–Kier alpha value is -0.280. The van der Waals surface area contributed by atoms with E-state index in [2.05, 4.69) is 23.2 Å². The molecule has 2 nitrogen and oxygen atoms in total. The van der Waals surface area contributed by atoms with Crippen molar-refractivity contribution in [2.24, 2.45) is 0 Å². The fourth-order valence-corrected chi connectivity index (χ4v) is 4.15. The number of hydrogen-bond donors (Lipinski definition) is 1. The van der Waals surface area contributed by atoms with Gasteiger partial charge in [-0.3, -0.25) is 0 Å². The predicted octanol–water partition coefficient (Wildman–Crippen LogP) is 4.66. The second-order valence-electron chi connectivity index (χ2n) is 6.35. The van der Waals surface area contributed by atoms with Crippen LogP contribution >= 0.6 is 23.2 Å². The SMILES string of the molecule is CCC(NC1CCN2CCCC2C1)c1ccc(Cl)c(Cl)c1. The molecule has 0 amide bonds. The van der Waals surface area contributed by atoms with Crippen molar-refractivity contribution in [3.63, 3.8) is 0 Å². The van der Waals surface area contributed by atoms with Crippen molar-refractivity contribution in [2.75, 3.05) is 13.1 Å². The number of nitrogens with zero attached hydrogens (tertiary/aromatic N) is 1. The van der Waals surface area contributed by atoms with Crippen molar-refractivity contribution in [2.45, 2.75) is 57.2 Å². The quantitative estimate of drug-likeness (QED) is 0.865. The number of nitrogens with one attached hydrogen (secondary N) is 1. The number of piperidine rings is 1. The summed E-state index contributed by atoms with van der Waals surface area (Å²) in [7, 11) is 0. The first kappa shape index (κ1) is 15.6. The minimum Gasteiger partial charge on any atom is -0.307 e. The lowest BCUT2D eigenvalue weighted by Crippen LogP contribution is -2.46. The van der Waals surface area contributed by atoms with Crippen LogP contribution < -0.4 is 5.32 Å². The van der Waals surface area contributed by atoms with E-state index in [1.807, 2.05) is 12.1 Å². The molecule has 1 N–H and O–H groups in total. The monoisotopic (exact) mass is 326 g/mol. The zero-order valence-electron chi connectivity index (χ0n) is 12.6. The van der Waals surface area contributed by atoms with Crippen molar-refractivity contribution in [3.05, 3.63) is 33.8 Å². The summed E-state index contributed by atoms with van der Waals surface area (Å²) in [6, 6.07) is 7.82. The molecule has 3 rings (SSSR count). The standard InChI is InChI=1S/C17H24Cl2N2/c1-2-17(12-5-6-15(18)16(19)10-12)20-13-7-9-21-8-3-4-14(21)11-13/h5-6,10,13-14,17,20H,2-4,7-9,11H2,1H3. The highest BCUT2D eigenvalue weighted by Crippen LogP contribution is 2.30. The van der Waals surface area contributed by atoms with Crippen LogP contribution in [0.1, 0.15) is 50.6 Å². The molecular weight excluding hydrogens is 303 g/mol. The van der Waals surface area contributed by atoms with Gasteiger partial charge in [-0.2, -0.15) is 0 Å². The van der Waals surface area contributed by atoms with Gasteiger partial charge in [0.05, 0.1) is 10.0 Å². The summed E-state index contributed by atoms with van der Waals surface area (Å²) in [6.45, 7) is 4.78. The largest absolute Gasteiger partial charge is 0.307 e. The molecule has 0 saturated carbocycles. The predicted molar refractivity (Wildman–Crippen MR) is 90.2 cm³/mol. The van der Waals surface area contributed by atoms with E-state index in [9.17, 15) is 0 Å². The van der Waals surface area contributed by atoms with E-state index in [0.29, 0.717) is 22.1 Å². The van der Waals surface area contributed by atoms with Crippen LogP contribution in [-0.4, -0.2) is 30.1 Å². The molecule has 3 atom stereocenters. The van der Waals surface area contributed by atoms with Gasteiger partial charge in [0.15, 0.2) is 0 Å². The van der Waals surface area contributed by atoms with Gasteiger partial charge < -0.3 is 10.2 Å². The Balaban J connectivity index is 1.65. The lowest BCUT2D eigenvalue weighted by Gasteiger charge is -2.37. The summed E-state index contributed by atoms with van der Waals surface area (Å²) in [6.07, 6.45) is 6.37. The molecule has 0 radical (unpaired) electrons. The van der Waals surface area contributed by atoms with Crippen LogP contribution in [0.2, 0.25) is 10.0 Å². The zero-order valence-corrected chi connectivity index (χ0v) is 14.1. The molecular formula is C17H24Cl2N2. The summed E-state index contributed by atoms with van der Waals surface area (Å²) in [4.78, 5) is 2.66. The van der Waals surface area contributed by atoms with Crippen molar-refractivity contribution in [1.29, 1.82) is 0 Å². The number of halogens is 2. The van der Waals surface area contributed by atoms with Gasteiger partial charge in [-0.15, -0.1) is 0 Å². The first-order chi connectivity index (χ1) is 10.2. The van der Waals surface area contributed by atoms with E-state index >= 15 is 0 Å². The third-order valence-corrected chi connectivity index (χ3v) is 5.75. The third kappa shape index (κ3) is 3.56. The minimum atomic E-state index is 0.373. The van der Waals surface area contributed by atoms with E-state index in [4.69, 9.17) is 23.2 Å². The van der Waals surface area contributed by atoms with Gasteiger partial charge in [0.1, 0.15) is 0 Å².